The van der Waals surface area contributed by atoms with Crippen molar-refractivity contribution in [2.24, 2.45) is 17.8 Å². The van der Waals surface area contributed by atoms with Gasteiger partial charge in [-0.3, -0.25) is 4.57 Å². The van der Waals surface area contributed by atoms with E-state index in [4.69, 9.17) is 7.74 Å². The molecule has 211 valence electrons. The highest BCUT2D eigenvalue weighted by Gasteiger charge is 2.44. The van der Waals surface area contributed by atoms with Gasteiger partial charge < -0.3 is 5.32 Å². The topological polar surface area (TPSA) is 29.9 Å². The van der Waals surface area contributed by atoms with Gasteiger partial charge in [0.2, 0.25) is 0 Å². The van der Waals surface area contributed by atoms with Crippen LogP contribution in [-0.2, 0) is 0 Å². The molecule has 1 aliphatic heterocycles. The Morgan fingerprint density at radius 3 is 2.36 bits per heavy atom. The monoisotopic (exact) mass is 726 g/mol. The van der Waals surface area contributed by atoms with Crippen LogP contribution in [0.5, 0.6) is 0 Å². The van der Waals surface area contributed by atoms with Crippen LogP contribution in [0.25, 0.3) is 27.6 Å². The maximum Gasteiger partial charge on any atom is 0.145 e. The van der Waals surface area contributed by atoms with E-state index in [-0.39, 0.29) is 0 Å². The zero-order valence-corrected chi connectivity index (χ0v) is 27.7. The van der Waals surface area contributed by atoms with E-state index in [1.54, 1.807) is 20.0 Å². The molecule has 2 aliphatic carbocycles. The Bertz CT molecular complexity index is 1510. The van der Waals surface area contributed by atoms with Crippen molar-refractivity contribution in [1.29, 1.82) is 0 Å². The van der Waals surface area contributed by atoms with E-state index in [2.05, 4.69) is 108 Å². The Morgan fingerprint density at radius 2 is 1.57 bits per heavy atom. The second kappa shape index (κ2) is 14.1. The minimum atomic E-state index is 0.918. The standard InChI is InChI=1S/C17H11B2N2.C12H21N.C6H4BrI/c18-19-12-7-9-13(10-8-12)21-16-6-2-1-4-14(16)15-5-3-11-20-17(15)21;1-2-5-10-9(4-1)8-12-11(10)6-3-7-13-12;7-5-1-3-6(8)4-2-5/h1-11H;9-13H,1-8H2;1-4H. The van der Waals surface area contributed by atoms with Crippen LogP contribution >= 0.6 is 38.5 Å². The summed E-state index contributed by atoms with van der Waals surface area (Å²) < 4.78 is 4.59. The number of hydrogen-bond donors (Lipinski definition) is 1. The molecular formula is C35H36B2BrIN3. The van der Waals surface area contributed by atoms with Crippen molar-refractivity contribution in [2.75, 3.05) is 6.54 Å². The van der Waals surface area contributed by atoms with Crippen LogP contribution in [-0.4, -0.2) is 37.0 Å². The summed E-state index contributed by atoms with van der Waals surface area (Å²) in [6.45, 7) is 1.29. The molecule has 1 saturated heterocycles. The summed E-state index contributed by atoms with van der Waals surface area (Å²) >= 11 is 5.62. The van der Waals surface area contributed by atoms with Crippen LogP contribution < -0.4 is 10.8 Å². The highest BCUT2D eigenvalue weighted by atomic mass is 127. The third kappa shape index (κ3) is 6.68. The van der Waals surface area contributed by atoms with Gasteiger partial charge in [-0.1, -0.05) is 71.0 Å². The molecule has 3 fully saturated rings. The zero-order valence-electron chi connectivity index (χ0n) is 23.9. The van der Waals surface area contributed by atoms with Gasteiger partial charge in [0.05, 0.1) is 12.7 Å². The van der Waals surface area contributed by atoms with Crippen LogP contribution in [0.4, 0.5) is 0 Å². The maximum atomic E-state index is 5.56. The molecule has 1 N–H and O–H groups in total. The molecule has 4 unspecified atom stereocenters. The van der Waals surface area contributed by atoms with E-state index >= 15 is 0 Å². The molecule has 0 amide bonds. The lowest BCUT2D eigenvalue weighted by Gasteiger charge is -2.32. The third-order valence-corrected chi connectivity index (χ3v) is 10.5. The Morgan fingerprint density at radius 1 is 0.833 bits per heavy atom. The maximum absolute atomic E-state index is 5.56. The molecule has 3 heterocycles. The molecule has 3 aliphatic rings. The first kappa shape index (κ1) is 30.0. The lowest BCUT2D eigenvalue weighted by molar-refractivity contribution is 0.198. The molecule has 2 saturated carbocycles. The van der Waals surface area contributed by atoms with Crippen molar-refractivity contribution in [3.8, 4) is 5.69 Å². The number of aromatic nitrogens is 2. The van der Waals surface area contributed by atoms with E-state index in [1.165, 1.54) is 53.0 Å². The Kier molecular flexibility index (Phi) is 10.1. The number of benzene rings is 3. The summed E-state index contributed by atoms with van der Waals surface area (Å²) in [5.74, 6) is 3.29. The van der Waals surface area contributed by atoms with E-state index < -0.39 is 0 Å². The number of piperidine rings is 1. The minimum absolute atomic E-state index is 0.918. The van der Waals surface area contributed by atoms with Gasteiger partial charge >= 0.3 is 0 Å². The van der Waals surface area contributed by atoms with E-state index in [0.717, 1.165) is 50.6 Å². The number of nitrogens with one attached hydrogen (secondary N) is 1. The van der Waals surface area contributed by atoms with E-state index in [1.807, 2.05) is 36.5 Å². The highest BCUT2D eigenvalue weighted by Crippen LogP contribution is 2.48. The first-order valence-corrected chi connectivity index (χ1v) is 17.1. The quantitative estimate of drug-likeness (QED) is 0.147. The van der Waals surface area contributed by atoms with Crippen molar-refractivity contribution in [2.45, 2.75) is 51.0 Å². The highest BCUT2D eigenvalue weighted by molar-refractivity contribution is 14.1. The lowest BCUT2D eigenvalue weighted by Crippen LogP contribution is -2.39. The molecule has 2 aromatic heterocycles. The van der Waals surface area contributed by atoms with Crippen molar-refractivity contribution < 1.29 is 0 Å². The largest absolute Gasteiger partial charge is 0.314 e. The van der Waals surface area contributed by atoms with Crippen molar-refractivity contribution in [1.82, 2.24) is 14.9 Å². The van der Waals surface area contributed by atoms with Gasteiger partial charge in [0.15, 0.2) is 0 Å². The molecule has 5 aromatic rings. The predicted molar refractivity (Wildman–Crippen MR) is 191 cm³/mol. The summed E-state index contributed by atoms with van der Waals surface area (Å²) in [5.41, 5.74) is 4.23. The fourth-order valence-corrected chi connectivity index (χ4v) is 8.01. The molecule has 42 heavy (non-hydrogen) atoms. The zero-order chi connectivity index (χ0) is 28.9. The predicted octanol–water partition coefficient (Wildman–Crippen LogP) is 8.21. The van der Waals surface area contributed by atoms with Crippen molar-refractivity contribution in [3.63, 3.8) is 0 Å². The van der Waals surface area contributed by atoms with E-state index in [9.17, 15) is 0 Å². The van der Waals surface area contributed by atoms with Gasteiger partial charge in [-0.05, 0) is 127 Å². The number of halogens is 2. The van der Waals surface area contributed by atoms with Crippen LogP contribution in [0.2, 0.25) is 0 Å². The van der Waals surface area contributed by atoms with Crippen molar-refractivity contribution >= 4 is 80.8 Å². The van der Waals surface area contributed by atoms with E-state index in [0.29, 0.717) is 0 Å². The molecule has 8 rings (SSSR count). The average molecular weight is 727 g/mol. The SMILES string of the molecule is Brc1ccc(I)cc1.C1CCC2C(C1)CC1NCCCC12.[B][B]c1ccc(-n2c3ccccc3c3cccnc32)cc1. The fourth-order valence-electron chi connectivity index (χ4n) is 7.39. The molecule has 3 nitrogen and oxygen atoms in total. The number of rotatable bonds is 2. The summed E-state index contributed by atoms with van der Waals surface area (Å²) in [6, 6.07) is 29.7. The Balaban J connectivity index is 0.000000127. The van der Waals surface area contributed by atoms with Crippen LogP contribution in [0.1, 0.15) is 44.9 Å². The summed E-state index contributed by atoms with van der Waals surface area (Å²) in [7, 11) is 7.16. The number of para-hydroxylation sites is 1. The molecule has 3 aromatic carbocycles. The minimum Gasteiger partial charge on any atom is -0.314 e. The molecule has 0 bridgehead atoms. The summed E-state index contributed by atoms with van der Waals surface area (Å²) in [5, 5.41) is 6.12. The summed E-state index contributed by atoms with van der Waals surface area (Å²) in [4.78, 5) is 4.57. The smallest absolute Gasteiger partial charge is 0.145 e. The Labute approximate surface area is 274 Å². The van der Waals surface area contributed by atoms with Crippen LogP contribution in [0, 0.1) is 21.3 Å². The van der Waals surface area contributed by atoms with Gasteiger partial charge in [-0.25, -0.2) is 4.98 Å². The lowest BCUT2D eigenvalue weighted by atomic mass is 9.51. The molecule has 4 atom stereocenters. The number of hydrogen-bond acceptors (Lipinski definition) is 2. The molecular weight excluding hydrogens is 691 g/mol. The Hall–Kier alpha value is -2.09. The summed E-state index contributed by atoms with van der Waals surface area (Å²) in [6.07, 6.45) is 12.4. The third-order valence-electron chi connectivity index (χ3n) is 9.29. The van der Waals surface area contributed by atoms with Crippen molar-refractivity contribution in [3.05, 3.63) is 99.2 Å². The second-order valence-electron chi connectivity index (χ2n) is 11.7. The number of nitrogens with zero attached hydrogens (tertiary/aromatic N) is 2. The van der Waals surface area contributed by atoms with Crippen LogP contribution in [0.15, 0.2) is 95.6 Å². The molecule has 3 radical (unpaired) electrons. The average Bonchev–Trinajstić information content (AvgIpc) is 3.59. The van der Waals surface area contributed by atoms with Gasteiger partial charge in [0, 0.05) is 44.5 Å². The first-order valence-electron chi connectivity index (χ1n) is 15.3. The normalized spacial score (nSPS) is 22.7. The van der Waals surface area contributed by atoms with Gasteiger partial charge in [-0.15, -0.1) is 0 Å². The van der Waals surface area contributed by atoms with Crippen LogP contribution in [0.3, 0.4) is 0 Å². The first-order chi connectivity index (χ1) is 20.6. The molecule has 0 spiro atoms. The fraction of sp³-hybridized carbons (Fsp3) is 0.343. The van der Waals surface area contributed by atoms with Gasteiger partial charge in [-0.2, -0.15) is 0 Å². The second-order valence-corrected chi connectivity index (χ2v) is 13.9. The number of pyridine rings is 1. The number of fused-ring (bicyclic) bond motifs is 6. The molecule has 7 heteroatoms. The van der Waals surface area contributed by atoms with Gasteiger partial charge in [0.25, 0.3) is 0 Å². The van der Waals surface area contributed by atoms with Gasteiger partial charge in [0.1, 0.15) is 5.65 Å².